The SMILES string of the molecule is Cn1c(=O)n(CC(C)(C)C)c2ccc(C3CC4CNCC4C3)nc21. The molecule has 0 spiro atoms. The maximum Gasteiger partial charge on any atom is 0.330 e. The maximum absolute atomic E-state index is 12.6. The molecule has 1 saturated carbocycles. The molecule has 130 valence electrons. The van der Waals surface area contributed by atoms with Crippen molar-refractivity contribution in [2.45, 2.75) is 46.1 Å². The zero-order valence-electron chi connectivity index (χ0n) is 15.2. The molecule has 2 aliphatic rings. The molecule has 0 aromatic carbocycles. The third kappa shape index (κ3) is 2.59. The number of hydrogen-bond donors (Lipinski definition) is 1. The van der Waals surface area contributed by atoms with Gasteiger partial charge in [-0.25, -0.2) is 9.78 Å². The van der Waals surface area contributed by atoms with Gasteiger partial charge in [0.25, 0.3) is 0 Å². The summed E-state index contributed by atoms with van der Waals surface area (Å²) in [6, 6.07) is 4.26. The first-order chi connectivity index (χ1) is 11.3. The molecule has 2 aromatic rings. The van der Waals surface area contributed by atoms with Crippen molar-refractivity contribution in [1.82, 2.24) is 19.4 Å². The average molecular weight is 328 g/mol. The Hall–Kier alpha value is -1.62. The summed E-state index contributed by atoms with van der Waals surface area (Å²) < 4.78 is 3.58. The monoisotopic (exact) mass is 328 g/mol. The quantitative estimate of drug-likeness (QED) is 0.921. The van der Waals surface area contributed by atoms with Crippen molar-refractivity contribution in [2.75, 3.05) is 13.1 Å². The number of aromatic nitrogens is 3. The van der Waals surface area contributed by atoms with Crippen LogP contribution in [0, 0.1) is 17.3 Å². The summed E-state index contributed by atoms with van der Waals surface area (Å²) in [5, 5.41) is 3.50. The molecule has 0 amide bonds. The van der Waals surface area contributed by atoms with Gasteiger partial charge in [0.2, 0.25) is 0 Å². The molecule has 5 nitrogen and oxygen atoms in total. The van der Waals surface area contributed by atoms with Crippen LogP contribution in [-0.2, 0) is 13.6 Å². The highest BCUT2D eigenvalue weighted by Gasteiger charge is 2.38. The van der Waals surface area contributed by atoms with Gasteiger partial charge in [-0.1, -0.05) is 20.8 Å². The Balaban J connectivity index is 1.71. The van der Waals surface area contributed by atoms with Crippen LogP contribution in [0.2, 0.25) is 0 Å². The third-order valence-electron chi connectivity index (χ3n) is 5.71. The number of nitrogens with one attached hydrogen (secondary N) is 1. The van der Waals surface area contributed by atoms with Gasteiger partial charge in [0.05, 0.1) is 5.52 Å². The first-order valence-electron chi connectivity index (χ1n) is 9.10. The molecule has 1 saturated heterocycles. The number of aryl methyl sites for hydroxylation is 1. The number of nitrogens with zero attached hydrogens (tertiary/aromatic N) is 3. The van der Waals surface area contributed by atoms with Crippen molar-refractivity contribution in [3.63, 3.8) is 0 Å². The highest BCUT2D eigenvalue weighted by molar-refractivity contribution is 5.72. The van der Waals surface area contributed by atoms with E-state index in [1.807, 2.05) is 11.6 Å². The summed E-state index contributed by atoms with van der Waals surface area (Å²) >= 11 is 0. The summed E-state index contributed by atoms with van der Waals surface area (Å²) in [4.78, 5) is 17.6. The van der Waals surface area contributed by atoms with Crippen LogP contribution >= 0.6 is 0 Å². The summed E-state index contributed by atoms with van der Waals surface area (Å²) in [7, 11) is 1.84. The summed E-state index contributed by atoms with van der Waals surface area (Å²) in [6.45, 7) is 9.50. The Morgan fingerprint density at radius 3 is 2.50 bits per heavy atom. The Morgan fingerprint density at radius 2 is 1.88 bits per heavy atom. The van der Waals surface area contributed by atoms with Crippen LogP contribution in [-0.4, -0.2) is 27.2 Å². The van der Waals surface area contributed by atoms with E-state index in [0.717, 1.165) is 36.1 Å². The smallest absolute Gasteiger partial charge is 0.316 e. The van der Waals surface area contributed by atoms with Crippen LogP contribution in [0.1, 0.15) is 45.2 Å². The fourth-order valence-corrected chi connectivity index (χ4v) is 4.55. The first-order valence-corrected chi connectivity index (χ1v) is 9.10. The molecular weight excluding hydrogens is 300 g/mol. The third-order valence-corrected chi connectivity index (χ3v) is 5.71. The predicted octanol–water partition coefficient (Wildman–Crippen LogP) is 2.49. The lowest BCUT2D eigenvalue weighted by atomic mass is 9.97. The van der Waals surface area contributed by atoms with Crippen molar-refractivity contribution in [3.8, 4) is 0 Å². The van der Waals surface area contributed by atoms with Crippen LogP contribution < -0.4 is 11.0 Å². The van der Waals surface area contributed by atoms with Crippen molar-refractivity contribution >= 4 is 11.2 Å². The van der Waals surface area contributed by atoms with Gasteiger partial charge in [-0.3, -0.25) is 9.13 Å². The number of pyridine rings is 1. The second kappa shape index (κ2) is 5.45. The van der Waals surface area contributed by atoms with Gasteiger partial charge < -0.3 is 5.32 Å². The van der Waals surface area contributed by atoms with Gasteiger partial charge >= 0.3 is 5.69 Å². The van der Waals surface area contributed by atoms with E-state index in [1.54, 1.807) is 4.57 Å². The molecule has 3 heterocycles. The lowest BCUT2D eigenvalue weighted by Gasteiger charge is -2.18. The van der Waals surface area contributed by atoms with Crippen molar-refractivity contribution < 1.29 is 0 Å². The molecule has 1 N–H and O–H groups in total. The minimum atomic E-state index is 0.0390. The summed E-state index contributed by atoms with van der Waals surface area (Å²) in [5.74, 6) is 2.16. The van der Waals surface area contributed by atoms with E-state index in [9.17, 15) is 4.79 Å². The van der Waals surface area contributed by atoms with Crippen LogP contribution in [0.4, 0.5) is 0 Å². The zero-order chi connectivity index (χ0) is 17.1. The number of hydrogen-bond acceptors (Lipinski definition) is 3. The van der Waals surface area contributed by atoms with Crippen LogP contribution in [0.25, 0.3) is 11.2 Å². The Labute approximate surface area is 143 Å². The van der Waals surface area contributed by atoms with Crippen LogP contribution in [0.3, 0.4) is 0 Å². The summed E-state index contributed by atoms with van der Waals surface area (Å²) in [6.07, 6.45) is 2.46. The second-order valence-corrected chi connectivity index (χ2v) is 8.91. The molecule has 1 aliphatic heterocycles. The van der Waals surface area contributed by atoms with E-state index in [2.05, 4.69) is 38.2 Å². The molecule has 2 aromatic heterocycles. The van der Waals surface area contributed by atoms with Crippen molar-refractivity contribution in [1.29, 1.82) is 0 Å². The van der Waals surface area contributed by atoms with Gasteiger partial charge in [-0.2, -0.15) is 0 Å². The predicted molar refractivity (Wildman–Crippen MR) is 96.3 cm³/mol. The fourth-order valence-electron chi connectivity index (χ4n) is 4.55. The Bertz CT molecular complexity index is 814. The van der Waals surface area contributed by atoms with Gasteiger partial charge in [0.15, 0.2) is 5.65 Å². The molecule has 2 atom stereocenters. The van der Waals surface area contributed by atoms with E-state index >= 15 is 0 Å². The van der Waals surface area contributed by atoms with Gasteiger partial charge in [0.1, 0.15) is 0 Å². The standard InChI is InChI=1S/C19H28N4O/c1-19(2,3)11-23-16-6-5-15(21-17(16)22(4)18(23)24)12-7-13-9-20-10-14(13)8-12/h5-6,12-14,20H,7-11H2,1-4H3. The van der Waals surface area contributed by atoms with E-state index < -0.39 is 0 Å². The first kappa shape index (κ1) is 15.9. The second-order valence-electron chi connectivity index (χ2n) is 8.91. The minimum Gasteiger partial charge on any atom is -0.316 e. The molecule has 2 fully saturated rings. The van der Waals surface area contributed by atoms with E-state index in [1.165, 1.54) is 18.5 Å². The van der Waals surface area contributed by atoms with E-state index in [-0.39, 0.29) is 11.1 Å². The molecule has 1 aliphatic carbocycles. The zero-order valence-corrected chi connectivity index (χ0v) is 15.2. The Kier molecular flexibility index (Phi) is 3.60. The highest BCUT2D eigenvalue weighted by Crippen LogP contribution is 2.43. The number of imidazole rings is 1. The highest BCUT2D eigenvalue weighted by atomic mass is 16.1. The van der Waals surface area contributed by atoms with Gasteiger partial charge in [-0.15, -0.1) is 0 Å². The van der Waals surface area contributed by atoms with Gasteiger partial charge in [0, 0.05) is 25.2 Å². The lowest BCUT2D eigenvalue weighted by molar-refractivity contribution is 0.342. The average Bonchev–Trinajstić information content (AvgIpc) is 3.16. The lowest BCUT2D eigenvalue weighted by Crippen LogP contribution is -2.27. The van der Waals surface area contributed by atoms with Gasteiger partial charge in [-0.05, 0) is 55.3 Å². The maximum atomic E-state index is 12.6. The molecule has 0 radical (unpaired) electrons. The fraction of sp³-hybridized carbons (Fsp3) is 0.684. The van der Waals surface area contributed by atoms with Crippen LogP contribution in [0.15, 0.2) is 16.9 Å². The van der Waals surface area contributed by atoms with Crippen molar-refractivity contribution in [3.05, 3.63) is 28.3 Å². The molecule has 0 bridgehead atoms. The minimum absolute atomic E-state index is 0.0390. The molecule has 5 heteroatoms. The molecular formula is C19H28N4O. The van der Waals surface area contributed by atoms with E-state index in [0.29, 0.717) is 12.5 Å². The van der Waals surface area contributed by atoms with Crippen LogP contribution in [0.5, 0.6) is 0 Å². The normalized spacial score (nSPS) is 27.1. The largest absolute Gasteiger partial charge is 0.330 e. The Morgan fingerprint density at radius 1 is 1.21 bits per heavy atom. The number of rotatable bonds is 2. The topological polar surface area (TPSA) is 51.9 Å². The summed E-state index contributed by atoms with van der Waals surface area (Å²) in [5.41, 5.74) is 3.06. The number of fused-ring (bicyclic) bond motifs is 2. The van der Waals surface area contributed by atoms with E-state index in [4.69, 9.17) is 4.98 Å². The molecule has 24 heavy (non-hydrogen) atoms. The van der Waals surface area contributed by atoms with Crippen molar-refractivity contribution in [2.24, 2.45) is 24.3 Å². The molecule has 4 rings (SSSR count). The molecule has 2 unspecified atom stereocenters.